The lowest BCUT2D eigenvalue weighted by atomic mass is 10.1. The van der Waals surface area contributed by atoms with Crippen LogP contribution in [-0.4, -0.2) is 32.1 Å². The molecule has 6 heteroatoms. The van der Waals surface area contributed by atoms with E-state index >= 15 is 0 Å². The highest BCUT2D eigenvalue weighted by Gasteiger charge is 2.15. The van der Waals surface area contributed by atoms with Gasteiger partial charge in [0.2, 0.25) is 10.0 Å². The smallest absolute Gasteiger partial charge is 0.211 e. The number of sulfonamides is 1. The lowest BCUT2D eigenvalue weighted by Crippen LogP contribution is -2.32. The van der Waals surface area contributed by atoms with Crippen LogP contribution in [0.2, 0.25) is 0 Å². The molecule has 0 aromatic heterocycles. The van der Waals surface area contributed by atoms with Gasteiger partial charge in [0.15, 0.2) is 0 Å². The maximum absolute atomic E-state index is 11.8. The van der Waals surface area contributed by atoms with Crippen LogP contribution in [0, 0.1) is 22.7 Å². The molecule has 0 fully saturated rings. The fraction of sp³-hybridized carbons (Fsp3) is 0.882. The van der Waals surface area contributed by atoms with Crippen molar-refractivity contribution in [3.05, 3.63) is 0 Å². The van der Waals surface area contributed by atoms with Crippen molar-refractivity contribution in [3.63, 3.8) is 0 Å². The second-order valence-electron chi connectivity index (χ2n) is 6.01. The first-order chi connectivity index (χ1) is 11.0. The Balaban J connectivity index is 3.79. The lowest BCUT2D eigenvalue weighted by molar-refractivity contribution is 0.387. The average Bonchev–Trinajstić information content (AvgIpc) is 2.50. The number of nitriles is 2. The standard InChI is InChI=1S/C17H31N3O2S/c1-23(21,22)20(16-12-8-4-2-6-10-14-18)17-13-9-5-3-7-11-15-19/h2-13,16-17H2,1H3. The first kappa shape index (κ1) is 21.9. The minimum absolute atomic E-state index is 0.603. The Morgan fingerprint density at radius 3 is 1.39 bits per heavy atom. The summed E-state index contributed by atoms with van der Waals surface area (Å²) in [6.45, 7) is 1.21. The largest absolute Gasteiger partial charge is 0.213 e. The number of hydrogen-bond donors (Lipinski definition) is 0. The molecule has 0 saturated heterocycles. The van der Waals surface area contributed by atoms with Gasteiger partial charge in [-0.15, -0.1) is 0 Å². The Morgan fingerprint density at radius 2 is 1.04 bits per heavy atom. The van der Waals surface area contributed by atoms with E-state index in [9.17, 15) is 8.42 Å². The van der Waals surface area contributed by atoms with Crippen LogP contribution < -0.4 is 0 Å². The van der Waals surface area contributed by atoms with Gasteiger partial charge in [-0.1, -0.05) is 38.5 Å². The lowest BCUT2D eigenvalue weighted by Gasteiger charge is -2.19. The first-order valence-electron chi connectivity index (χ1n) is 8.71. The summed E-state index contributed by atoms with van der Waals surface area (Å²) in [6, 6.07) is 4.28. The van der Waals surface area contributed by atoms with E-state index in [1.807, 2.05) is 0 Å². The second-order valence-corrected chi connectivity index (χ2v) is 8.00. The summed E-state index contributed by atoms with van der Waals surface area (Å²) in [5.41, 5.74) is 0. The zero-order valence-electron chi connectivity index (χ0n) is 14.5. The molecule has 0 amide bonds. The predicted molar refractivity (Wildman–Crippen MR) is 93.0 cm³/mol. The van der Waals surface area contributed by atoms with Crippen LogP contribution in [0.15, 0.2) is 0 Å². The molecule has 0 unspecified atom stereocenters. The molecule has 0 bridgehead atoms. The highest BCUT2D eigenvalue weighted by Crippen LogP contribution is 2.10. The van der Waals surface area contributed by atoms with Gasteiger partial charge in [0.05, 0.1) is 18.4 Å². The molecule has 23 heavy (non-hydrogen) atoms. The van der Waals surface area contributed by atoms with E-state index in [1.54, 1.807) is 4.31 Å². The molecule has 0 aromatic carbocycles. The third kappa shape index (κ3) is 14.2. The minimum Gasteiger partial charge on any atom is -0.213 e. The fourth-order valence-corrected chi connectivity index (χ4v) is 3.41. The van der Waals surface area contributed by atoms with Crippen LogP contribution in [0.4, 0.5) is 0 Å². The minimum atomic E-state index is -3.12. The van der Waals surface area contributed by atoms with Gasteiger partial charge < -0.3 is 0 Å². The van der Waals surface area contributed by atoms with Crippen molar-refractivity contribution >= 4 is 10.0 Å². The Kier molecular flexibility index (Phi) is 13.8. The second kappa shape index (κ2) is 14.5. The molecule has 0 aliphatic heterocycles. The van der Waals surface area contributed by atoms with Gasteiger partial charge >= 0.3 is 0 Å². The molecular weight excluding hydrogens is 310 g/mol. The molecule has 132 valence electrons. The van der Waals surface area contributed by atoms with Crippen molar-refractivity contribution < 1.29 is 8.42 Å². The number of unbranched alkanes of at least 4 members (excludes halogenated alkanes) is 10. The van der Waals surface area contributed by atoms with Crippen molar-refractivity contribution in [3.8, 4) is 12.1 Å². The molecular formula is C17H31N3O2S. The van der Waals surface area contributed by atoms with Gasteiger partial charge in [0.1, 0.15) is 0 Å². The van der Waals surface area contributed by atoms with E-state index < -0.39 is 10.0 Å². The van der Waals surface area contributed by atoms with Gasteiger partial charge in [0, 0.05) is 25.9 Å². The summed E-state index contributed by atoms with van der Waals surface area (Å²) >= 11 is 0. The highest BCUT2D eigenvalue weighted by atomic mass is 32.2. The van der Waals surface area contributed by atoms with Gasteiger partial charge in [-0.05, 0) is 25.7 Å². The summed E-state index contributed by atoms with van der Waals surface area (Å²) in [4.78, 5) is 0. The van der Waals surface area contributed by atoms with Crippen LogP contribution in [0.5, 0.6) is 0 Å². The Bertz CT molecular complexity index is 435. The normalized spacial score (nSPS) is 11.3. The van der Waals surface area contributed by atoms with Crippen molar-refractivity contribution in [1.29, 1.82) is 10.5 Å². The van der Waals surface area contributed by atoms with Crippen LogP contribution in [0.1, 0.15) is 77.0 Å². The van der Waals surface area contributed by atoms with Crippen molar-refractivity contribution in [2.45, 2.75) is 77.0 Å². The molecule has 0 atom stereocenters. The summed E-state index contributed by atoms with van der Waals surface area (Å²) in [5, 5.41) is 16.9. The molecule has 0 N–H and O–H groups in total. The van der Waals surface area contributed by atoms with E-state index in [2.05, 4.69) is 12.1 Å². The quantitative estimate of drug-likeness (QED) is 0.422. The van der Waals surface area contributed by atoms with E-state index in [4.69, 9.17) is 10.5 Å². The summed E-state index contributed by atoms with van der Waals surface area (Å²) < 4.78 is 25.2. The average molecular weight is 342 g/mol. The van der Waals surface area contributed by atoms with Crippen LogP contribution in [-0.2, 0) is 10.0 Å². The van der Waals surface area contributed by atoms with Gasteiger partial charge in [-0.2, -0.15) is 10.5 Å². The van der Waals surface area contributed by atoms with Crippen LogP contribution in [0.3, 0.4) is 0 Å². The predicted octanol–water partition coefficient (Wildman–Crippen LogP) is 3.98. The molecule has 0 aromatic rings. The van der Waals surface area contributed by atoms with Crippen LogP contribution in [0.25, 0.3) is 0 Å². The SMILES string of the molecule is CS(=O)(=O)N(CCCCCCCC#N)CCCCCCCC#N. The topological polar surface area (TPSA) is 85.0 Å². The van der Waals surface area contributed by atoms with E-state index in [0.29, 0.717) is 25.9 Å². The number of rotatable bonds is 15. The van der Waals surface area contributed by atoms with Crippen LogP contribution >= 0.6 is 0 Å². The van der Waals surface area contributed by atoms with Gasteiger partial charge in [-0.25, -0.2) is 12.7 Å². The molecule has 0 aliphatic carbocycles. The Labute approximate surface area is 142 Å². The zero-order chi connectivity index (χ0) is 17.4. The van der Waals surface area contributed by atoms with Crippen molar-refractivity contribution in [1.82, 2.24) is 4.31 Å². The van der Waals surface area contributed by atoms with E-state index in [1.165, 1.54) is 6.26 Å². The third-order valence-corrected chi connectivity index (χ3v) is 5.16. The molecule has 0 saturated carbocycles. The van der Waals surface area contributed by atoms with Crippen molar-refractivity contribution in [2.75, 3.05) is 19.3 Å². The Morgan fingerprint density at radius 1 is 0.696 bits per heavy atom. The van der Waals surface area contributed by atoms with E-state index in [-0.39, 0.29) is 0 Å². The molecule has 0 spiro atoms. The highest BCUT2D eigenvalue weighted by molar-refractivity contribution is 7.88. The summed E-state index contributed by atoms with van der Waals surface area (Å²) in [6.07, 6.45) is 12.5. The summed E-state index contributed by atoms with van der Waals surface area (Å²) in [5.74, 6) is 0. The fourth-order valence-electron chi connectivity index (χ4n) is 2.49. The first-order valence-corrected chi connectivity index (χ1v) is 10.6. The summed E-state index contributed by atoms with van der Waals surface area (Å²) in [7, 11) is -3.12. The maximum Gasteiger partial charge on any atom is 0.211 e. The maximum atomic E-state index is 11.8. The molecule has 0 rings (SSSR count). The molecule has 0 radical (unpaired) electrons. The number of nitrogens with zero attached hydrogens (tertiary/aromatic N) is 3. The molecule has 0 aliphatic rings. The molecule has 0 heterocycles. The number of hydrogen-bond acceptors (Lipinski definition) is 4. The molecule has 5 nitrogen and oxygen atoms in total. The third-order valence-electron chi connectivity index (χ3n) is 3.86. The monoisotopic (exact) mass is 341 g/mol. The Hall–Kier alpha value is -1.11. The van der Waals surface area contributed by atoms with Crippen molar-refractivity contribution in [2.24, 2.45) is 0 Å². The van der Waals surface area contributed by atoms with Gasteiger partial charge in [-0.3, -0.25) is 0 Å². The zero-order valence-corrected chi connectivity index (χ0v) is 15.3. The van der Waals surface area contributed by atoms with Gasteiger partial charge in [0.25, 0.3) is 0 Å². The van der Waals surface area contributed by atoms with E-state index in [0.717, 1.165) is 64.2 Å².